The molecule has 0 spiro atoms. The summed E-state index contributed by atoms with van der Waals surface area (Å²) in [5.41, 5.74) is 1.49. The molecule has 8 nitrogen and oxygen atoms in total. The number of sulfonamides is 1. The van der Waals surface area contributed by atoms with E-state index in [9.17, 15) is 8.42 Å². The van der Waals surface area contributed by atoms with E-state index in [4.69, 9.17) is 4.42 Å². The van der Waals surface area contributed by atoms with E-state index in [-0.39, 0.29) is 10.9 Å². The first-order chi connectivity index (χ1) is 12.4. The molecule has 1 N–H and O–H groups in total. The van der Waals surface area contributed by atoms with Gasteiger partial charge in [-0.05, 0) is 25.5 Å². The van der Waals surface area contributed by atoms with Crippen molar-refractivity contribution in [3.8, 4) is 11.3 Å². The third kappa shape index (κ3) is 3.27. The highest BCUT2D eigenvalue weighted by Gasteiger charge is 2.26. The van der Waals surface area contributed by atoms with Crippen molar-refractivity contribution in [3.63, 3.8) is 0 Å². The van der Waals surface area contributed by atoms with Crippen LogP contribution in [0, 0.1) is 13.8 Å². The fourth-order valence-corrected chi connectivity index (χ4v) is 4.38. The van der Waals surface area contributed by atoms with Gasteiger partial charge in [0.2, 0.25) is 10.0 Å². The highest BCUT2D eigenvalue weighted by Crippen LogP contribution is 2.21. The highest BCUT2D eigenvalue weighted by molar-refractivity contribution is 7.89. The number of nitrogens with zero attached hydrogens (tertiary/aromatic N) is 4. The zero-order valence-electron chi connectivity index (χ0n) is 14.5. The monoisotopic (exact) mass is 373 g/mol. The minimum atomic E-state index is -3.60. The summed E-state index contributed by atoms with van der Waals surface area (Å²) in [7, 11) is -3.60. The standard InChI is InChI=1S/C17H19N5O3S/c1-11-18-17-8-5-14(9-22(17)20-11)21-26(23,24)15-6-3-13(4-7-15)16-10-25-12(2)19-16/h3-4,6-7,10,14,21H,5,8-9H2,1-2H3/t14-/m0/s1. The van der Waals surface area contributed by atoms with Gasteiger partial charge in [-0.1, -0.05) is 12.1 Å². The van der Waals surface area contributed by atoms with Crippen molar-refractivity contribution in [1.29, 1.82) is 0 Å². The second-order valence-corrected chi connectivity index (χ2v) is 8.10. The Labute approximate surface area is 151 Å². The third-order valence-corrected chi connectivity index (χ3v) is 5.90. The van der Waals surface area contributed by atoms with Crippen molar-refractivity contribution >= 4 is 10.0 Å². The normalized spacial score (nSPS) is 17.2. The van der Waals surface area contributed by atoms with E-state index in [1.165, 1.54) is 0 Å². The number of aromatic nitrogens is 4. The number of nitrogens with one attached hydrogen (secondary N) is 1. The number of hydrogen-bond donors (Lipinski definition) is 1. The van der Waals surface area contributed by atoms with Crippen LogP contribution in [0.1, 0.15) is 24.0 Å². The van der Waals surface area contributed by atoms with Crippen LogP contribution >= 0.6 is 0 Å². The van der Waals surface area contributed by atoms with Gasteiger partial charge in [-0.3, -0.25) is 0 Å². The first-order valence-corrected chi connectivity index (χ1v) is 9.84. The van der Waals surface area contributed by atoms with Crippen LogP contribution < -0.4 is 4.72 Å². The number of hydrogen-bond acceptors (Lipinski definition) is 6. The van der Waals surface area contributed by atoms with Crippen LogP contribution in [0.5, 0.6) is 0 Å². The van der Waals surface area contributed by atoms with Crippen molar-refractivity contribution in [1.82, 2.24) is 24.5 Å². The predicted octanol–water partition coefficient (Wildman–Crippen LogP) is 1.84. The Morgan fingerprint density at radius 3 is 2.65 bits per heavy atom. The summed E-state index contributed by atoms with van der Waals surface area (Å²) >= 11 is 0. The molecule has 1 atom stereocenters. The smallest absolute Gasteiger partial charge is 0.240 e. The van der Waals surface area contributed by atoms with Gasteiger partial charge in [-0.15, -0.1) is 0 Å². The first-order valence-electron chi connectivity index (χ1n) is 8.36. The maximum atomic E-state index is 12.7. The van der Waals surface area contributed by atoms with Crippen molar-refractivity contribution in [2.24, 2.45) is 0 Å². The molecule has 1 aromatic carbocycles. The zero-order valence-corrected chi connectivity index (χ0v) is 15.3. The molecule has 9 heteroatoms. The molecule has 0 fully saturated rings. The first kappa shape index (κ1) is 16.9. The van der Waals surface area contributed by atoms with Crippen LogP contribution in [0.3, 0.4) is 0 Å². The molecule has 136 valence electrons. The van der Waals surface area contributed by atoms with Crippen molar-refractivity contribution in [2.75, 3.05) is 0 Å². The van der Waals surface area contributed by atoms with Gasteiger partial charge in [0.15, 0.2) is 5.89 Å². The molecule has 0 unspecified atom stereocenters. The second-order valence-electron chi connectivity index (χ2n) is 6.39. The Morgan fingerprint density at radius 2 is 1.96 bits per heavy atom. The molecular formula is C17H19N5O3S. The van der Waals surface area contributed by atoms with E-state index in [0.29, 0.717) is 36.8 Å². The molecule has 0 bridgehead atoms. The largest absolute Gasteiger partial charge is 0.449 e. The van der Waals surface area contributed by atoms with Crippen LogP contribution in [0.2, 0.25) is 0 Å². The number of aryl methyl sites for hydroxylation is 3. The van der Waals surface area contributed by atoms with Gasteiger partial charge in [0, 0.05) is 24.9 Å². The molecule has 4 rings (SSSR count). The highest BCUT2D eigenvalue weighted by atomic mass is 32.2. The Kier molecular flexibility index (Phi) is 4.12. The lowest BCUT2D eigenvalue weighted by atomic mass is 10.1. The van der Waals surface area contributed by atoms with Gasteiger partial charge < -0.3 is 4.42 Å². The molecule has 3 aromatic rings. The molecule has 2 aromatic heterocycles. The van der Waals surface area contributed by atoms with Crippen LogP contribution in [0.25, 0.3) is 11.3 Å². The maximum absolute atomic E-state index is 12.7. The summed E-state index contributed by atoms with van der Waals surface area (Å²) in [5.74, 6) is 2.19. The lowest BCUT2D eigenvalue weighted by Crippen LogP contribution is -2.41. The summed E-state index contributed by atoms with van der Waals surface area (Å²) in [6.07, 6.45) is 2.96. The molecule has 1 aliphatic heterocycles. The van der Waals surface area contributed by atoms with Crippen molar-refractivity contribution in [2.45, 2.75) is 44.2 Å². The molecule has 0 saturated carbocycles. The predicted molar refractivity (Wildman–Crippen MR) is 93.9 cm³/mol. The molecule has 0 aliphatic carbocycles. The van der Waals surface area contributed by atoms with Gasteiger partial charge >= 0.3 is 0 Å². The molecule has 26 heavy (non-hydrogen) atoms. The molecule has 0 amide bonds. The zero-order chi connectivity index (χ0) is 18.3. The van der Waals surface area contributed by atoms with Crippen LogP contribution in [0.15, 0.2) is 39.8 Å². The van der Waals surface area contributed by atoms with Crippen LogP contribution in [-0.2, 0) is 23.0 Å². The topological polar surface area (TPSA) is 103 Å². The van der Waals surface area contributed by atoms with Crippen LogP contribution in [0.4, 0.5) is 0 Å². The number of oxazole rings is 1. The summed E-state index contributed by atoms with van der Waals surface area (Å²) in [6, 6.07) is 6.41. The quantitative estimate of drug-likeness (QED) is 0.748. The van der Waals surface area contributed by atoms with E-state index < -0.39 is 10.0 Å². The summed E-state index contributed by atoms with van der Waals surface area (Å²) in [5, 5.41) is 4.31. The number of rotatable bonds is 4. The van der Waals surface area contributed by atoms with E-state index in [1.54, 1.807) is 42.1 Å². The molecule has 0 saturated heterocycles. The van der Waals surface area contributed by atoms with Gasteiger partial charge in [-0.2, -0.15) is 5.10 Å². The Morgan fingerprint density at radius 1 is 1.19 bits per heavy atom. The van der Waals surface area contributed by atoms with Gasteiger partial charge in [0.25, 0.3) is 0 Å². The summed E-state index contributed by atoms with van der Waals surface area (Å²) in [4.78, 5) is 8.81. The molecule has 0 radical (unpaired) electrons. The average molecular weight is 373 g/mol. The number of benzene rings is 1. The lowest BCUT2D eigenvalue weighted by Gasteiger charge is -2.23. The van der Waals surface area contributed by atoms with E-state index in [2.05, 4.69) is 19.8 Å². The van der Waals surface area contributed by atoms with Crippen LogP contribution in [-0.4, -0.2) is 34.2 Å². The van der Waals surface area contributed by atoms with Crippen molar-refractivity contribution < 1.29 is 12.8 Å². The maximum Gasteiger partial charge on any atom is 0.240 e. The minimum absolute atomic E-state index is 0.202. The van der Waals surface area contributed by atoms with E-state index in [1.807, 2.05) is 6.92 Å². The summed E-state index contributed by atoms with van der Waals surface area (Å²) < 4.78 is 35.1. The fourth-order valence-electron chi connectivity index (χ4n) is 3.12. The van der Waals surface area contributed by atoms with E-state index in [0.717, 1.165) is 11.4 Å². The van der Waals surface area contributed by atoms with Gasteiger partial charge in [-0.25, -0.2) is 27.8 Å². The fraction of sp³-hybridized carbons (Fsp3) is 0.353. The van der Waals surface area contributed by atoms with Gasteiger partial charge in [0.1, 0.15) is 23.6 Å². The SMILES string of the molecule is Cc1nc2n(n1)C[C@@H](NS(=O)(=O)c1ccc(-c3coc(C)n3)cc1)CC2. The molecular weight excluding hydrogens is 354 g/mol. The van der Waals surface area contributed by atoms with Crippen molar-refractivity contribution in [3.05, 3.63) is 48.1 Å². The minimum Gasteiger partial charge on any atom is -0.449 e. The average Bonchev–Trinajstić information content (AvgIpc) is 3.19. The molecule has 3 heterocycles. The van der Waals surface area contributed by atoms with E-state index >= 15 is 0 Å². The Bertz CT molecular complexity index is 1040. The number of fused-ring (bicyclic) bond motifs is 1. The summed E-state index contributed by atoms with van der Waals surface area (Å²) in [6.45, 7) is 4.09. The van der Waals surface area contributed by atoms with Gasteiger partial charge in [0.05, 0.1) is 11.4 Å². The molecule has 1 aliphatic rings. The Balaban J connectivity index is 1.50. The second kappa shape index (κ2) is 6.33. The lowest BCUT2D eigenvalue weighted by molar-refractivity contribution is 0.395. The Hall–Kier alpha value is -2.52. The third-order valence-electron chi connectivity index (χ3n) is 4.37.